The Morgan fingerprint density at radius 3 is 2.37 bits per heavy atom. The van der Waals surface area contributed by atoms with Crippen LogP contribution in [0, 0.1) is 17.6 Å². The summed E-state index contributed by atoms with van der Waals surface area (Å²) in [6.45, 7) is 3.27. The van der Waals surface area contributed by atoms with Gasteiger partial charge >= 0.3 is 6.03 Å². The number of amides is 4. The number of pyridine rings is 2. The molecule has 16 heteroatoms. The number of carbonyl (C=O) groups excluding carboxylic acids is 3. The molecule has 4 amide bonds. The number of rotatable bonds is 11. The molecule has 6 rings (SSSR count). The van der Waals surface area contributed by atoms with E-state index in [0.717, 1.165) is 35.9 Å². The van der Waals surface area contributed by atoms with Crippen LogP contribution in [-0.2, 0) is 19.6 Å². The molecular weight excluding hydrogens is 660 g/mol. The van der Waals surface area contributed by atoms with Crippen molar-refractivity contribution in [1.82, 2.24) is 19.6 Å². The SMILES string of the molecule is CC(C)N1CC(C(=O)Nc2ccc(Oc3ccnc(Nc4ccc(S(=O)(=O)NC5CC5)cn4)c3)c(F)c2)C(=O)N(c2ccc(F)cc2)C1=O. The number of ether oxygens (including phenoxy) is 1. The summed E-state index contributed by atoms with van der Waals surface area (Å²) in [6.07, 6.45) is 4.27. The number of nitrogens with zero attached hydrogens (tertiary/aromatic N) is 4. The van der Waals surface area contributed by atoms with Crippen LogP contribution in [0.15, 0.2) is 84.0 Å². The molecular formula is C33H31F2N7O6S. The van der Waals surface area contributed by atoms with Crippen LogP contribution in [-0.4, -0.2) is 59.8 Å². The molecule has 0 radical (unpaired) electrons. The number of sulfonamides is 1. The van der Waals surface area contributed by atoms with E-state index in [4.69, 9.17) is 4.74 Å². The quantitative estimate of drug-likeness (QED) is 0.180. The third kappa shape index (κ3) is 7.65. The monoisotopic (exact) mass is 691 g/mol. The zero-order chi connectivity index (χ0) is 34.9. The molecule has 1 atom stereocenters. The van der Waals surface area contributed by atoms with Crippen LogP contribution < -0.4 is 25.0 Å². The zero-order valence-corrected chi connectivity index (χ0v) is 27.1. The second-order valence-electron chi connectivity index (χ2n) is 11.7. The van der Waals surface area contributed by atoms with Crippen molar-refractivity contribution in [2.75, 3.05) is 22.1 Å². The summed E-state index contributed by atoms with van der Waals surface area (Å²) in [5.74, 6) is -3.58. The Hall–Kier alpha value is -5.48. The maximum atomic E-state index is 15.2. The molecule has 3 heterocycles. The number of imide groups is 1. The Kier molecular flexibility index (Phi) is 9.25. The van der Waals surface area contributed by atoms with Gasteiger partial charge in [-0.1, -0.05) is 0 Å². The Morgan fingerprint density at radius 2 is 1.71 bits per heavy atom. The standard InChI is InChI=1S/C33H31F2N7O6S/c1-19(2)41-18-26(32(44)42(33(41)45)23-8-3-20(34)4-9-23)31(43)38-22-7-11-28(27(35)15-22)48-24-13-14-36-30(16-24)39-29-12-10-25(17-37-29)49(46,47)40-21-5-6-21/h3-4,7-17,19,21,26,40H,5-6,18H2,1-2H3,(H,38,43)(H,36,37,39). The number of benzene rings is 2. The van der Waals surface area contributed by atoms with Gasteiger partial charge in [-0.3, -0.25) is 9.59 Å². The molecule has 3 N–H and O–H groups in total. The molecule has 1 aliphatic heterocycles. The lowest BCUT2D eigenvalue weighted by Crippen LogP contribution is -2.61. The number of carbonyl (C=O) groups is 3. The van der Waals surface area contributed by atoms with E-state index in [2.05, 4.69) is 25.3 Å². The van der Waals surface area contributed by atoms with Crippen LogP contribution >= 0.6 is 0 Å². The van der Waals surface area contributed by atoms with Gasteiger partial charge in [0.2, 0.25) is 21.8 Å². The van der Waals surface area contributed by atoms with Gasteiger partial charge in [-0.2, -0.15) is 0 Å². The van der Waals surface area contributed by atoms with Crippen molar-refractivity contribution < 1.29 is 36.3 Å². The van der Waals surface area contributed by atoms with E-state index in [1.807, 2.05) is 0 Å². The normalized spacial score (nSPS) is 16.6. The summed E-state index contributed by atoms with van der Waals surface area (Å²) in [7, 11) is -3.65. The first-order valence-electron chi connectivity index (χ1n) is 15.3. The summed E-state index contributed by atoms with van der Waals surface area (Å²) >= 11 is 0. The summed E-state index contributed by atoms with van der Waals surface area (Å²) in [4.78, 5) is 50.4. The Labute approximate surface area is 280 Å². The van der Waals surface area contributed by atoms with E-state index in [1.54, 1.807) is 13.8 Å². The van der Waals surface area contributed by atoms with E-state index in [0.29, 0.717) is 11.6 Å². The summed E-state index contributed by atoms with van der Waals surface area (Å²) < 4.78 is 61.8. The lowest BCUT2D eigenvalue weighted by molar-refractivity contribution is -0.132. The maximum Gasteiger partial charge on any atom is 0.331 e. The molecule has 0 spiro atoms. The lowest BCUT2D eigenvalue weighted by atomic mass is 10.0. The second kappa shape index (κ2) is 13.6. The minimum atomic E-state index is -3.65. The largest absolute Gasteiger partial charge is 0.454 e. The first-order chi connectivity index (χ1) is 23.4. The molecule has 1 aliphatic carbocycles. The van der Waals surface area contributed by atoms with Crippen LogP contribution in [0.25, 0.3) is 0 Å². The average molecular weight is 692 g/mol. The smallest absolute Gasteiger partial charge is 0.331 e. The number of halogens is 2. The molecule has 2 aliphatic rings. The van der Waals surface area contributed by atoms with Crippen molar-refractivity contribution in [3.8, 4) is 11.5 Å². The van der Waals surface area contributed by atoms with Crippen molar-refractivity contribution in [2.24, 2.45) is 5.92 Å². The van der Waals surface area contributed by atoms with Crippen LogP contribution in [0.5, 0.6) is 11.5 Å². The van der Waals surface area contributed by atoms with Gasteiger partial charge in [-0.05, 0) is 81.3 Å². The summed E-state index contributed by atoms with van der Waals surface area (Å²) in [6, 6.07) is 13.3. The molecule has 2 aromatic carbocycles. The number of aromatic nitrogens is 2. The van der Waals surface area contributed by atoms with Crippen molar-refractivity contribution in [3.63, 3.8) is 0 Å². The van der Waals surface area contributed by atoms with Crippen LogP contribution in [0.4, 0.5) is 36.6 Å². The van der Waals surface area contributed by atoms with Gasteiger partial charge in [0.1, 0.15) is 34.0 Å². The van der Waals surface area contributed by atoms with Gasteiger partial charge in [-0.25, -0.2) is 41.6 Å². The fraction of sp³-hybridized carbons (Fsp3) is 0.242. The number of anilines is 4. The van der Waals surface area contributed by atoms with Gasteiger partial charge < -0.3 is 20.3 Å². The van der Waals surface area contributed by atoms with Crippen molar-refractivity contribution in [2.45, 2.75) is 43.7 Å². The minimum absolute atomic E-state index is 0.0348. The number of nitrogens with one attached hydrogen (secondary N) is 3. The molecule has 1 unspecified atom stereocenters. The summed E-state index contributed by atoms with van der Waals surface area (Å²) in [5, 5.41) is 5.48. The Bertz CT molecular complexity index is 2010. The zero-order valence-electron chi connectivity index (χ0n) is 26.3. The second-order valence-corrected chi connectivity index (χ2v) is 13.5. The van der Waals surface area contributed by atoms with E-state index in [1.165, 1.54) is 65.8 Å². The molecule has 49 heavy (non-hydrogen) atoms. The minimum Gasteiger partial charge on any atom is -0.454 e. The van der Waals surface area contributed by atoms with E-state index in [-0.39, 0.29) is 46.4 Å². The molecule has 1 saturated heterocycles. The first kappa shape index (κ1) is 33.4. The fourth-order valence-electron chi connectivity index (χ4n) is 4.98. The van der Waals surface area contributed by atoms with Crippen molar-refractivity contribution >= 4 is 50.9 Å². The molecule has 4 aromatic rings. The highest BCUT2D eigenvalue weighted by Gasteiger charge is 2.44. The Balaban J connectivity index is 1.11. The van der Waals surface area contributed by atoms with Gasteiger partial charge in [0.25, 0.3) is 0 Å². The predicted octanol–water partition coefficient (Wildman–Crippen LogP) is 5.16. The van der Waals surface area contributed by atoms with Crippen LogP contribution in [0.2, 0.25) is 0 Å². The third-order valence-corrected chi connectivity index (χ3v) is 9.23. The topological polar surface area (TPSA) is 163 Å². The average Bonchev–Trinajstić information content (AvgIpc) is 3.87. The molecule has 254 valence electrons. The highest BCUT2D eigenvalue weighted by Crippen LogP contribution is 2.30. The number of hydrogen-bond donors (Lipinski definition) is 3. The maximum absolute atomic E-state index is 15.2. The van der Waals surface area contributed by atoms with E-state index in [9.17, 15) is 27.2 Å². The van der Waals surface area contributed by atoms with Crippen molar-refractivity contribution in [1.29, 1.82) is 0 Å². The molecule has 0 bridgehead atoms. The third-order valence-electron chi connectivity index (χ3n) is 7.72. The number of hydrogen-bond acceptors (Lipinski definition) is 9. The van der Waals surface area contributed by atoms with Crippen LogP contribution in [0.3, 0.4) is 0 Å². The first-order valence-corrected chi connectivity index (χ1v) is 16.8. The van der Waals surface area contributed by atoms with E-state index >= 15 is 4.39 Å². The summed E-state index contributed by atoms with van der Waals surface area (Å²) in [5.41, 5.74) is 0.160. The lowest BCUT2D eigenvalue weighted by Gasteiger charge is -2.39. The van der Waals surface area contributed by atoms with Gasteiger partial charge in [0.15, 0.2) is 11.6 Å². The number of urea groups is 1. The predicted molar refractivity (Wildman–Crippen MR) is 175 cm³/mol. The van der Waals surface area contributed by atoms with E-state index < -0.39 is 45.4 Å². The Morgan fingerprint density at radius 1 is 0.959 bits per heavy atom. The molecule has 1 saturated carbocycles. The molecule has 2 fully saturated rings. The van der Waals surface area contributed by atoms with Crippen LogP contribution in [0.1, 0.15) is 26.7 Å². The van der Waals surface area contributed by atoms with Gasteiger partial charge in [-0.15, -0.1) is 0 Å². The van der Waals surface area contributed by atoms with Crippen molar-refractivity contribution in [3.05, 3.63) is 90.8 Å². The highest BCUT2D eigenvalue weighted by atomic mass is 32.2. The van der Waals surface area contributed by atoms with Gasteiger partial charge in [0, 0.05) is 48.8 Å². The molecule has 2 aromatic heterocycles. The molecule has 13 nitrogen and oxygen atoms in total. The van der Waals surface area contributed by atoms with Gasteiger partial charge in [0.05, 0.1) is 5.69 Å². The fourth-order valence-corrected chi connectivity index (χ4v) is 6.23. The highest BCUT2D eigenvalue weighted by molar-refractivity contribution is 7.89.